The average molecular weight is 494 g/mol. The summed E-state index contributed by atoms with van der Waals surface area (Å²) in [5, 5.41) is 3.31. The number of hydrogen-bond donors (Lipinski definition) is 1. The van der Waals surface area contributed by atoms with Gasteiger partial charge in [0.15, 0.2) is 5.69 Å². The molecule has 0 bridgehead atoms. The first-order chi connectivity index (χ1) is 15.1. The summed E-state index contributed by atoms with van der Waals surface area (Å²) < 4.78 is 16.5. The lowest BCUT2D eigenvalue weighted by Crippen LogP contribution is -2.54. The van der Waals surface area contributed by atoms with Crippen molar-refractivity contribution in [2.45, 2.75) is 26.5 Å². The molecular formula is C22H28BrN3O5. The van der Waals surface area contributed by atoms with Crippen molar-refractivity contribution in [3.63, 3.8) is 0 Å². The van der Waals surface area contributed by atoms with Gasteiger partial charge in [0, 0.05) is 19.6 Å². The van der Waals surface area contributed by atoms with Crippen molar-refractivity contribution in [1.82, 2.24) is 15.2 Å². The van der Waals surface area contributed by atoms with Gasteiger partial charge in [0.05, 0.1) is 17.6 Å². The summed E-state index contributed by atoms with van der Waals surface area (Å²) in [5.41, 5.74) is 1.10. The number of nitrogens with zero attached hydrogens (tertiary/aromatic N) is 2. The Morgan fingerprint density at radius 3 is 2.65 bits per heavy atom. The number of pyridine rings is 1. The van der Waals surface area contributed by atoms with E-state index in [0.29, 0.717) is 30.0 Å². The molecule has 1 aromatic carbocycles. The molecule has 1 aliphatic heterocycles. The van der Waals surface area contributed by atoms with Crippen LogP contribution in [0.1, 0.15) is 29.9 Å². The minimum Gasteiger partial charge on any atom is -0.475 e. The second kappa shape index (κ2) is 12.9. The minimum atomic E-state index is -0.537. The predicted octanol–water partition coefficient (Wildman–Crippen LogP) is 3.65. The van der Waals surface area contributed by atoms with Gasteiger partial charge in [-0.3, -0.25) is 0 Å². The first-order valence-corrected chi connectivity index (χ1v) is 10.9. The van der Waals surface area contributed by atoms with Gasteiger partial charge >= 0.3 is 12.1 Å². The third kappa shape index (κ3) is 7.52. The highest BCUT2D eigenvalue weighted by molar-refractivity contribution is 9.10. The van der Waals surface area contributed by atoms with Gasteiger partial charge in [-0.15, -0.1) is 0 Å². The van der Waals surface area contributed by atoms with Gasteiger partial charge in [0.25, 0.3) is 0 Å². The number of carbonyl (C=O) groups is 2. The first-order valence-electron chi connectivity index (χ1n) is 10.1. The normalized spacial score (nSPS) is 15.4. The monoisotopic (exact) mass is 493 g/mol. The Morgan fingerprint density at radius 1 is 1.19 bits per heavy atom. The number of methoxy groups -OCH3 is 1. The lowest BCUT2D eigenvalue weighted by molar-refractivity contribution is 0.0591. The molecule has 1 amide bonds. The fraction of sp³-hybridized carbons (Fsp3) is 0.409. The number of amides is 1. The van der Waals surface area contributed by atoms with E-state index >= 15 is 0 Å². The molecule has 168 valence electrons. The van der Waals surface area contributed by atoms with Gasteiger partial charge in [-0.25, -0.2) is 14.6 Å². The predicted molar refractivity (Wildman–Crippen MR) is 120 cm³/mol. The van der Waals surface area contributed by atoms with Gasteiger partial charge in [0.1, 0.15) is 13.2 Å². The van der Waals surface area contributed by atoms with Crippen molar-refractivity contribution < 1.29 is 23.8 Å². The van der Waals surface area contributed by atoms with E-state index in [2.05, 4.69) is 31.0 Å². The molecule has 3 rings (SSSR count). The van der Waals surface area contributed by atoms with Crippen LogP contribution in [0.3, 0.4) is 0 Å². The summed E-state index contributed by atoms with van der Waals surface area (Å²) >= 11 is 3.36. The SMILES string of the molecule is CC.COC(=O)c1ccc(Br)c(OCC2CN(C(=O)OCc3ccccc3)CCN2)n1. The molecule has 0 aliphatic carbocycles. The average Bonchev–Trinajstić information content (AvgIpc) is 2.83. The standard InChI is InChI=1S/C20H22BrN3O5.C2H6/c1-27-19(25)17-8-7-16(21)18(23-17)28-13-15-11-24(10-9-22-15)20(26)29-12-14-5-3-2-4-6-14;1-2/h2-8,15,22H,9-13H2,1H3;1-2H3. The first kappa shape index (κ1) is 24.6. The second-order valence-corrected chi connectivity index (χ2v) is 7.28. The molecule has 1 fully saturated rings. The van der Waals surface area contributed by atoms with Crippen molar-refractivity contribution in [3.8, 4) is 5.88 Å². The summed E-state index contributed by atoms with van der Waals surface area (Å²) in [7, 11) is 1.30. The molecular weight excluding hydrogens is 466 g/mol. The van der Waals surface area contributed by atoms with Gasteiger partial charge in [-0.1, -0.05) is 44.2 Å². The van der Waals surface area contributed by atoms with Gasteiger partial charge in [0.2, 0.25) is 5.88 Å². The molecule has 8 nitrogen and oxygen atoms in total. The van der Waals surface area contributed by atoms with Crippen LogP contribution in [0, 0.1) is 0 Å². The summed E-state index contributed by atoms with van der Waals surface area (Å²) in [6, 6.07) is 12.7. The maximum atomic E-state index is 12.4. The zero-order valence-corrected chi connectivity index (χ0v) is 19.6. The number of piperazine rings is 1. The lowest BCUT2D eigenvalue weighted by Gasteiger charge is -2.32. The number of halogens is 1. The molecule has 1 unspecified atom stereocenters. The van der Waals surface area contributed by atoms with Crippen LogP contribution in [-0.2, 0) is 16.1 Å². The van der Waals surface area contributed by atoms with E-state index in [9.17, 15) is 9.59 Å². The smallest absolute Gasteiger partial charge is 0.410 e. The summed E-state index contributed by atoms with van der Waals surface area (Å²) in [5.74, 6) is -0.246. The zero-order chi connectivity index (χ0) is 22.6. The lowest BCUT2D eigenvalue weighted by atomic mass is 10.2. The highest BCUT2D eigenvalue weighted by Gasteiger charge is 2.25. The fourth-order valence-electron chi connectivity index (χ4n) is 2.84. The Bertz CT molecular complexity index is 850. The summed E-state index contributed by atoms with van der Waals surface area (Å²) in [6.45, 7) is 6.15. The van der Waals surface area contributed by atoms with Gasteiger partial charge in [-0.05, 0) is 33.6 Å². The van der Waals surface area contributed by atoms with Crippen LogP contribution in [-0.4, -0.2) is 61.3 Å². The largest absolute Gasteiger partial charge is 0.475 e. The molecule has 0 radical (unpaired) electrons. The summed E-state index contributed by atoms with van der Waals surface area (Å²) in [6.07, 6.45) is -0.354. The molecule has 31 heavy (non-hydrogen) atoms. The van der Waals surface area contributed by atoms with Crippen LogP contribution in [0.25, 0.3) is 0 Å². The van der Waals surface area contributed by atoms with E-state index < -0.39 is 5.97 Å². The Kier molecular flexibility index (Phi) is 10.3. The van der Waals surface area contributed by atoms with E-state index in [-0.39, 0.29) is 31.0 Å². The van der Waals surface area contributed by atoms with Crippen LogP contribution < -0.4 is 10.1 Å². The number of nitrogens with one attached hydrogen (secondary N) is 1. The third-order valence-electron chi connectivity index (χ3n) is 4.35. The molecule has 0 spiro atoms. The molecule has 1 aromatic heterocycles. The Morgan fingerprint density at radius 2 is 1.94 bits per heavy atom. The highest BCUT2D eigenvalue weighted by Crippen LogP contribution is 2.23. The van der Waals surface area contributed by atoms with E-state index in [4.69, 9.17) is 9.47 Å². The number of carbonyl (C=O) groups excluding carboxylic acids is 2. The van der Waals surface area contributed by atoms with Crippen LogP contribution in [0.2, 0.25) is 0 Å². The third-order valence-corrected chi connectivity index (χ3v) is 4.95. The Labute approximate surface area is 191 Å². The number of rotatable bonds is 6. The van der Waals surface area contributed by atoms with E-state index in [1.807, 2.05) is 44.2 Å². The molecule has 2 aromatic rings. The van der Waals surface area contributed by atoms with Crippen molar-refractivity contribution in [2.75, 3.05) is 33.4 Å². The summed E-state index contributed by atoms with van der Waals surface area (Å²) in [4.78, 5) is 29.8. The van der Waals surface area contributed by atoms with Crippen LogP contribution in [0.4, 0.5) is 4.79 Å². The fourth-order valence-corrected chi connectivity index (χ4v) is 3.17. The number of aromatic nitrogens is 1. The van der Waals surface area contributed by atoms with Gasteiger partial charge in [-0.2, -0.15) is 0 Å². The number of hydrogen-bond acceptors (Lipinski definition) is 7. The van der Waals surface area contributed by atoms with Crippen LogP contribution >= 0.6 is 15.9 Å². The molecule has 1 atom stereocenters. The Hall–Kier alpha value is -2.65. The second-order valence-electron chi connectivity index (χ2n) is 6.42. The molecule has 9 heteroatoms. The van der Waals surface area contributed by atoms with Crippen LogP contribution in [0.15, 0.2) is 46.9 Å². The van der Waals surface area contributed by atoms with E-state index in [1.54, 1.807) is 17.0 Å². The molecule has 1 N–H and O–H groups in total. The topological polar surface area (TPSA) is 90.0 Å². The minimum absolute atomic E-state index is 0.0940. The van der Waals surface area contributed by atoms with Gasteiger partial charge < -0.3 is 24.4 Å². The number of ether oxygens (including phenoxy) is 3. The molecule has 0 saturated carbocycles. The van der Waals surface area contributed by atoms with Crippen molar-refractivity contribution in [2.24, 2.45) is 0 Å². The molecule has 2 heterocycles. The molecule has 1 aliphatic rings. The van der Waals surface area contributed by atoms with Crippen molar-refractivity contribution in [1.29, 1.82) is 0 Å². The zero-order valence-electron chi connectivity index (χ0n) is 18.0. The van der Waals surface area contributed by atoms with E-state index in [0.717, 1.165) is 5.56 Å². The maximum Gasteiger partial charge on any atom is 0.410 e. The maximum absolute atomic E-state index is 12.4. The quantitative estimate of drug-likeness (QED) is 0.614. The number of benzene rings is 1. The Balaban J connectivity index is 0.00000166. The highest BCUT2D eigenvalue weighted by atomic mass is 79.9. The van der Waals surface area contributed by atoms with Crippen LogP contribution in [0.5, 0.6) is 5.88 Å². The number of esters is 1. The van der Waals surface area contributed by atoms with Crippen molar-refractivity contribution >= 4 is 28.0 Å². The molecule has 1 saturated heterocycles. The van der Waals surface area contributed by atoms with Crippen molar-refractivity contribution in [3.05, 3.63) is 58.2 Å². The van der Waals surface area contributed by atoms with E-state index in [1.165, 1.54) is 7.11 Å².